The van der Waals surface area contributed by atoms with Crippen LogP contribution in [0.1, 0.15) is 18.7 Å². The van der Waals surface area contributed by atoms with E-state index in [9.17, 15) is 40.9 Å². The molecule has 1 aliphatic heterocycles. The van der Waals surface area contributed by atoms with Crippen molar-refractivity contribution in [2.24, 2.45) is 0 Å². The van der Waals surface area contributed by atoms with Crippen LogP contribution in [0.4, 0.5) is 22.0 Å². The first kappa shape index (κ1) is 28.2. The fraction of sp³-hybridized carbons (Fsp3) is 0.350. The molecule has 2 N–H and O–H groups in total. The number of rotatable bonds is 9. The minimum absolute atomic E-state index is 0.193. The second-order valence-electron chi connectivity index (χ2n) is 7.59. The van der Waals surface area contributed by atoms with E-state index in [4.69, 9.17) is 9.26 Å². The number of aryl methyl sites for hydroxylation is 1. The number of aromatic amines is 1. The number of nitrogens with one attached hydrogen (secondary N) is 2. The number of benzene rings is 1. The molecule has 0 saturated carbocycles. The molecule has 0 amide bonds. The van der Waals surface area contributed by atoms with Gasteiger partial charge in [0.2, 0.25) is 34.8 Å². The Bertz CT molecular complexity index is 1380. The summed E-state index contributed by atoms with van der Waals surface area (Å²) >= 11 is 0. The molecule has 37 heavy (non-hydrogen) atoms. The van der Waals surface area contributed by atoms with Gasteiger partial charge in [-0.3, -0.25) is 23.7 Å². The standard InChI is InChI=1S/C20H19F5N3O8P/c1-8-6-28(20(31)26-18(8)29)11-5-4-10(35-11)7-34-37(32,27-9(2)19(30)33-3)36-17-15(24)13(22)12(21)14(23)16(17)25/h4-6,9-11H,7H2,1-3H3,(H,27,32)(H,26,29,31)/t9-,10-,11+,37?/m0/s1. The van der Waals surface area contributed by atoms with Gasteiger partial charge in [0.25, 0.3) is 5.56 Å². The Morgan fingerprint density at radius 3 is 2.32 bits per heavy atom. The lowest BCUT2D eigenvalue weighted by Gasteiger charge is -2.24. The lowest BCUT2D eigenvalue weighted by atomic mass is 10.3. The van der Waals surface area contributed by atoms with Gasteiger partial charge < -0.3 is 14.0 Å². The van der Waals surface area contributed by atoms with Gasteiger partial charge in [-0.05, 0) is 19.9 Å². The fourth-order valence-corrected chi connectivity index (χ4v) is 4.53. The van der Waals surface area contributed by atoms with E-state index in [0.717, 1.165) is 18.6 Å². The second-order valence-corrected chi connectivity index (χ2v) is 9.28. The number of H-pyrrole nitrogens is 1. The molecular formula is C20H19F5N3O8P. The number of hydrogen-bond acceptors (Lipinski definition) is 8. The Balaban J connectivity index is 1.84. The van der Waals surface area contributed by atoms with Crippen molar-refractivity contribution in [1.29, 1.82) is 0 Å². The summed E-state index contributed by atoms with van der Waals surface area (Å²) in [6.07, 6.45) is 1.80. The molecule has 1 aromatic heterocycles. The molecule has 1 aliphatic rings. The van der Waals surface area contributed by atoms with Crippen LogP contribution in [0.2, 0.25) is 0 Å². The van der Waals surface area contributed by atoms with E-state index in [0.29, 0.717) is 0 Å². The van der Waals surface area contributed by atoms with Gasteiger partial charge in [-0.1, -0.05) is 6.08 Å². The number of halogens is 5. The molecule has 1 aromatic carbocycles. The van der Waals surface area contributed by atoms with Crippen molar-refractivity contribution >= 4 is 13.7 Å². The monoisotopic (exact) mass is 555 g/mol. The van der Waals surface area contributed by atoms with Crippen LogP contribution in [0.3, 0.4) is 0 Å². The highest BCUT2D eigenvalue weighted by molar-refractivity contribution is 7.52. The number of methoxy groups -OCH3 is 1. The van der Waals surface area contributed by atoms with E-state index in [1.807, 2.05) is 5.09 Å². The molecule has 0 radical (unpaired) electrons. The van der Waals surface area contributed by atoms with Crippen molar-refractivity contribution in [1.82, 2.24) is 14.6 Å². The Labute approximate surface area is 204 Å². The van der Waals surface area contributed by atoms with E-state index in [1.165, 1.54) is 25.3 Å². The summed E-state index contributed by atoms with van der Waals surface area (Å²) in [4.78, 5) is 37.4. The first-order valence-electron chi connectivity index (χ1n) is 10.2. The summed E-state index contributed by atoms with van der Waals surface area (Å²) in [5.74, 6) is -15.0. The van der Waals surface area contributed by atoms with Gasteiger partial charge in [0.15, 0.2) is 6.23 Å². The molecule has 2 aromatic rings. The van der Waals surface area contributed by atoms with E-state index in [1.54, 1.807) is 0 Å². The van der Waals surface area contributed by atoms with E-state index >= 15 is 0 Å². The third kappa shape index (κ3) is 5.98. The molecule has 0 saturated heterocycles. The minimum atomic E-state index is -5.06. The number of nitrogens with zero attached hydrogens (tertiary/aromatic N) is 1. The summed E-state index contributed by atoms with van der Waals surface area (Å²) < 4.78 is 103. The number of aromatic nitrogens is 2. The highest BCUT2D eigenvalue weighted by Gasteiger charge is 2.38. The van der Waals surface area contributed by atoms with Gasteiger partial charge in [-0.15, -0.1) is 0 Å². The van der Waals surface area contributed by atoms with Crippen molar-refractivity contribution in [3.8, 4) is 5.75 Å². The van der Waals surface area contributed by atoms with E-state index in [-0.39, 0.29) is 5.56 Å². The molecule has 2 heterocycles. The number of esters is 1. The Kier molecular flexibility index (Phi) is 8.37. The van der Waals surface area contributed by atoms with Crippen molar-refractivity contribution < 1.29 is 49.8 Å². The van der Waals surface area contributed by atoms with Crippen LogP contribution in [0, 0.1) is 36.0 Å². The van der Waals surface area contributed by atoms with Gasteiger partial charge in [-0.2, -0.15) is 13.9 Å². The maximum atomic E-state index is 14.1. The highest BCUT2D eigenvalue weighted by Crippen LogP contribution is 2.47. The van der Waals surface area contributed by atoms with Gasteiger partial charge in [-0.25, -0.2) is 22.5 Å². The smallest absolute Gasteiger partial charge is 0.459 e. The molecule has 0 spiro atoms. The average molecular weight is 555 g/mol. The van der Waals surface area contributed by atoms with Crippen molar-refractivity contribution in [2.45, 2.75) is 32.2 Å². The topological polar surface area (TPSA) is 138 Å². The molecule has 0 bridgehead atoms. The fourth-order valence-electron chi connectivity index (χ4n) is 3.03. The largest absolute Gasteiger partial charge is 0.468 e. The van der Waals surface area contributed by atoms with Crippen molar-refractivity contribution in [2.75, 3.05) is 13.7 Å². The molecule has 0 fully saturated rings. The number of hydrogen-bond donors (Lipinski definition) is 2. The Hall–Kier alpha value is -3.33. The predicted octanol–water partition coefficient (Wildman–Crippen LogP) is 2.35. The third-order valence-corrected chi connectivity index (χ3v) is 6.54. The number of carbonyl (C=O) groups is 1. The van der Waals surface area contributed by atoms with Gasteiger partial charge in [0, 0.05) is 11.8 Å². The van der Waals surface area contributed by atoms with Crippen LogP contribution in [0.5, 0.6) is 5.75 Å². The first-order chi connectivity index (χ1) is 17.3. The zero-order valence-electron chi connectivity index (χ0n) is 19.2. The van der Waals surface area contributed by atoms with Crippen molar-refractivity contribution in [3.05, 3.63) is 73.8 Å². The molecule has 1 unspecified atom stereocenters. The summed E-state index contributed by atoms with van der Waals surface area (Å²) in [5.41, 5.74) is -1.22. The molecule has 3 rings (SSSR count). The number of ether oxygens (including phenoxy) is 2. The summed E-state index contributed by atoms with van der Waals surface area (Å²) in [6.45, 7) is 1.82. The second kappa shape index (κ2) is 11.0. The lowest BCUT2D eigenvalue weighted by Crippen LogP contribution is -2.35. The van der Waals surface area contributed by atoms with Crippen molar-refractivity contribution in [3.63, 3.8) is 0 Å². The first-order valence-corrected chi connectivity index (χ1v) is 11.8. The molecule has 202 valence electrons. The maximum absolute atomic E-state index is 14.1. The summed E-state index contributed by atoms with van der Waals surface area (Å²) in [7, 11) is -4.09. The minimum Gasteiger partial charge on any atom is -0.468 e. The summed E-state index contributed by atoms with van der Waals surface area (Å²) in [6, 6.07) is -1.49. The average Bonchev–Trinajstić information content (AvgIpc) is 3.33. The lowest BCUT2D eigenvalue weighted by molar-refractivity contribution is -0.142. The third-order valence-electron chi connectivity index (χ3n) is 4.92. The van der Waals surface area contributed by atoms with E-state index < -0.39 is 84.8 Å². The van der Waals surface area contributed by atoms with Gasteiger partial charge in [0.1, 0.15) is 12.1 Å². The van der Waals surface area contributed by atoms with Crippen LogP contribution >= 0.6 is 7.75 Å². The Morgan fingerprint density at radius 1 is 1.14 bits per heavy atom. The molecule has 11 nitrogen and oxygen atoms in total. The predicted molar refractivity (Wildman–Crippen MR) is 114 cm³/mol. The summed E-state index contributed by atoms with van der Waals surface area (Å²) in [5, 5.41) is 1.98. The SMILES string of the molecule is COC(=O)[C@H](C)NP(=O)(OC[C@@H]1C=C[C@H](n2cc(C)c(=O)[nH]c2=O)O1)Oc1c(F)c(F)c(F)c(F)c1F. The Morgan fingerprint density at radius 2 is 1.73 bits per heavy atom. The maximum Gasteiger partial charge on any atom is 0.459 e. The number of carbonyl (C=O) groups excluding carboxylic acids is 1. The molecular weight excluding hydrogens is 536 g/mol. The van der Waals surface area contributed by atoms with Crippen LogP contribution in [-0.4, -0.2) is 41.4 Å². The van der Waals surface area contributed by atoms with Crippen LogP contribution in [-0.2, 0) is 23.4 Å². The quantitative estimate of drug-likeness (QED) is 0.119. The molecule has 4 atom stereocenters. The normalized spacial score (nSPS) is 19.5. The van der Waals surface area contributed by atoms with E-state index in [2.05, 4.69) is 14.2 Å². The van der Waals surface area contributed by atoms with Crippen LogP contribution < -0.4 is 20.9 Å². The van der Waals surface area contributed by atoms with Gasteiger partial charge in [0.05, 0.1) is 13.7 Å². The zero-order chi connectivity index (χ0) is 27.7. The van der Waals surface area contributed by atoms with Crippen LogP contribution in [0.25, 0.3) is 0 Å². The van der Waals surface area contributed by atoms with Gasteiger partial charge >= 0.3 is 19.4 Å². The molecule has 0 aliphatic carbocycles. The molecule has 17 heteroatoms. The zero-order valence-corrected chi connectivity index (χ0v) is 20.1. The van der Waals surface area contributed by atoms with Crippen LogP contribution in [0.15, 0.2) is 27.9 Å². The highest BCUT2D eigenvalue weighted by atomic mass is 31.2.